The molecule has 132 valence electrons. The summed E-state index contributed by atoms with van der Waals surface area (Å²) in [4.78, 5) is 16.4. The molecule has 4 heteroatoms. The van der Waals surface area contributed by atoms with Gasteiger partial charge in [0.05, 0.1) is 16.8 Å². The van der Waals surface area contributed by atoms with E-state index in [4.69, 9.17) is 4.74 Å². The summed E-state index contributed by atoms with van der Waals surface area (Å²) in [6.45, 7) is 0.421. The molecule has 27 heavy (non-hydrogen) atoms. The Morgan fingerprint density at radius 1 is 0.889 bits per heavy atom. The topological polar surface area (TPSA) is 59.4 Å². The van der Waals surface area contributed by atoms with Gasteiger partial charge in [0.2, 0.25) is 0 Å². The predicted octanol–water partition coefficient (Wildman–Crippen LogP) is 5.18. The van der Waals surface area contributed by atoms with Crippen molar-refractivity contribution < 1.29 is 14.6 Å². The van der Waals surface area contributed by atoms with Gasteiger partial charge in [-0.2, -0.15) is 0 Å². The van der Waals surface area contributed by atoms with E-state index >= 15 is 0 Å². The zero-order chi connectivity index (χ0) is 18.6. The number of carboxylic acid groups (broad SMARTS) is 1. The van der Waals surface area contributed by atoms with E-state index in [-0.39, 0.29) is 5.56 Å². The van der Waals surface area contributed by atoms with Gasteiger partial charge in [-0.1, -0.05) is 60.7 Å². The quantitative estimate of drug-likeness (QED) is 0.536. The summed E-state index contributed by atoms with van der Waals surface area (Å²) in [5.41, 5.74) is 3.41. The average molecular weight is 355 g/mol. The zero-order valence-electron chi connectivity index (χ0n) is 14.5. The van der Waals surface area contributed by atoms with Gasteiger partial charge in [0.25, 0.3) is 0 Å². The highest BCUT2D eigenvalue weighted by atomic mass is 16.5. The Balaban J connectivity index is 1.72. The molecule has 0 atom stereocenters. The number of pyridine rings is 1. The Morgan fingerprint density at radius 2 is 1.59 bits per heavy atom. The van der Waals surface area contributed by atoms with Gasteiger partial charge in [-0.25, -0.2) is 9.78 Å². The van der Waals surface area contributed by atoms with Crippen molar-refractivity contribution in [1.29, 1.82) is 0 Å². The Bertz CT molecular complexity index is 1090. The van der Waals surface area contributed by atoms with Crippen LogP contribution in [0.15, 0.2) is 84.9 Å². The molecule has 0 saturated carbocycles. The fourth-order valence-corrected chi connectivity index (χ4v) is 2.97. The van der Waals surface area contributed by atoms with Gasteiger partial charge in [-0.3, -0.25) is 0 Å². The van der Waals surface area contributed by atoms with E-state index < -0.39 is 5.97 Å². The number of carbonyl (C=O) groups is 1. The third kappa shape index (κ3) is 3.65. The van der Waals surface area contributed by atoms with Crippen LogP contribution in [0, 0.1) is 0 Å². The van der Waals surface area contributed by atoms with Gasteiger partial charge < -0.3 is 9.84 Å². The van der Waals surface area contributed by atoms with Crippen LogP contribution >= 0.6 is 0 Å². The van der Waals surface area contributed by atoms with Gasteiger partial charge in [0, 0.05) is 10.9 Å². The van der Waals surface area contributed by atoms with E-state index in [0.29, 0.717) is 29.0 Å². The average Bonchev–Trinajstić information content (AvgIpc) is 2.72. The molecule has 0 unspecified atom stereocenters. The van der Waals surface area contributed by atoms with Crippen LogP contribution in [0.25, 0.3) is 22.2 Å². The van der Waals surface area contributed by atoms with Crippen molar-refractivity contribution in [1.82, 2.24) is 4.98 Å². The Kier molecular flexibility index (Phi) is 4.54. The second kappa shape index (κ2) is 7.30. The first-order valence-corrected chi connectivity index (χ1v) is 8.61. The summed E-state index contributed by atoms with van der Waals surface area (Å²) >= 11 is 0. The molecule has 0 amide bonds. The third-order valence-corrected chi connectivity index (χ3v) is 4.33. The molecular weight excluding hydrogens is 338 g/mol. The molecule has 0 aliphatic rings. The summed E-state index contributed by atoms with van der Waals surface area (Å²) < 4.78 is 5.83. The number of benzene rings is 3. The number of aromatic nitrogens is 1. The van der Waals surface area contributed by atoms with E-state index in [1.807, 2.05) is 66.7 Å². The second-order valence-corrected chi connectivity index (χ2v) is 6.18. The monoisotopic (exact) mass is 355 g/mol. The first-order chi connectivity index (χ1) is 13.2. The lowest BCUT2D eigenvalue weighted by atomic mass is 10.0. The van der Waals surface area contributed by atoms with E-state index in [1.54, 1.807) is 18.2 Å². The lowest BCUT2D eigenvalue weighted by Gasteiger charge is -2.10. The maximum absolute atomic E-state index is 11.8. The number of fused-ring (bicyclic) bond motifs is 1. The molecular formula is C23H17NO3. The number of ether oxygens (including phenoxy) is 1. The van der Waals surface area contributed by atoms with E-state index in [1.165, 1.54) is 0 Å². The SMILES string of the molecule is O=C(O)c1cc(-c2ccccc2)nc2ccc(OCc3ccccc3)cc12. The van der Waals surface area contributed by atoms with Crippen molar-refractivity contribution >= 4 is 16.9 Å². The fourth-order valence-electron chi connectivity index (χ4n) is 2.97. The molecule has 3 aromatic carbocycles. The van der Waals surface area contributed by atoms with Crippen molar-refractivity contribution in [2.24, 2.45) is 0 Å². The minimum absolute atomic E-state index is 0.212. The van der Waals surface area contributed by atoms with Gasteiger partial charge in [0.1, 0.15) is 12.4 Å². The lowest BCUT2D eigenvalue weighted by molar-refractivity contribution is 0.0699. The standard InChI is InChI=1S/C23H17NO3/c25-23(26)20-14-22(17-9-5-2-6-10-17)24-21-12-11-18(13-19(20)21)27-15-16-7-3-1-4-8-16/h1-14H,15H2,(H,25,26). The second-order valence-electron chi connectivity index (χ2n) is 6.18. The minimum Gasteiger partial charge on any atom is -0.489 e. The van der Waals surface area contributed by atoms with Crippen LogP contribution in [0.3, 0.4) is 0 Å². The first kappa shape index (κ1) is 16.8. The zero-order valence-corrected chi connectivity index (χ0v) is 14.5. The molecule has 4 nitrogen and oxygen atoms in total. The summed E-state index contributed by atoms with van der Waals surface area (Å²) in [6.07, 6.45) is 0. The molecule has 0 bridgehead atoms. The van der Waals surface area contributed by atoms with Crippen molar-refractivity contribution in [3.05, 3.63) is 96.1 Å². The van der Waals surface area contributed by atoms with Crippen LogP contribution < -0.4 is 4.74 Å². The third-order valence-electron chi connectivity index (χ3n) is 4.33. The molecule has 0 fully saturated rings. The predicted molar refractivity (Wildman–Crippen MR) is 105 cm³/mol. The van der Waals surface area contributed by atoms with Gasteiger partial charge >= 0.3 is 5.97 Å². The summed E-state index contributed by atoms with van der Waals surface area (Å²) in [6, 6.07) is 26.4. The Labute approximate surface area is 156 Å². The van der Waals surface area contributed by atoms with Crippen LogP contribution in [-0.4, -0.2) is 16.1 Å². The van der Waals surface area contributed by atoms with Gasteiger partial charge in [-0.05, 0) is 29.8 Å². The molecule has 1 heterocycles. The highest BCUT2D eigenvalue weighted by molar-refractivity contribution is 6.04. The molecule has 0 aliphatic heterocycles. The number of rotatable bonds is 5. The molecule has 0 aliphatic carbocycles. The maximum atomic E-state index is 11.8. The van der Waals surface area contributed by atoms with Crippen LogP contribution in [0.1, 0.15) is 15.9 Å². The maximum Gasteiger partial charge on any atom is 0.336 e. The van der Waals surface area contributed by atoms with Crippen molar-refractivity contribution in [2.75, 3.05) is 0 Å². The van der Waals surface area contributed by atoms with Crippen LogP contribution in [0.5, 0.6) is 5.75 Å². The fraction of sp³-hybridized carbons (Fsp3) is 0.0435. The molecule has 0 saturated heterocycles. The summed E-state index contributed by atoms with van der Waals surface area (Å²) in [5, 5.41) is 10.2. The number of hydrogen-bond acceptors (Lipinski definition) is 3. The van der Waals surface area contributed by atoms with Crippen molar-refractivity contribution in [3.8, 4) is 17.0 Å². The largest absolute Gasteiger partial charge is 0.489 e. The van der Waals surface area contributed by atoms with Gasteiger partial charge in [-0.15, -0.1) is 0 Å². The van der Waals surface area contributed by atoms with E-state index in [2.05, 4.69) is 4.98 Å². The number of aromatic carboxylic acids is 1. The highest BCUT2D eigenvalue weighted by Crippen LogP contribution is 2.28. The molecule has 1 aromatic heterocycles. The van der Waals surface area contributed by atoms with Gasteiger partial charge in [0.15, 0.2) is 0 Å². The van der Waals surface area contributed by atoms with Crippen LogP contribution in [-0.2, 0) is 6.61 Å². The van der Waals surface area contributed by atoms with Crippen LogP contribution in [0.2, 0.25) is 0 Å². The minimum atomic E-state index is -0.986. The smallest absolute Gasteiger partial charge is 0.336 e. The normalized spacial score (nSPS) is 10.7. The number of carboxylic acids is 1. The summed E-state index contributed by atoms with van der Waals surface area (Å²) in [7, 11) is 0. The number of nitrogens with zero attached hydrogens (tertiary/aromatic N) is 1. The molecule has 1 N–H and O–H groups in total. The molecule has 0 spiro atoms. The molecule has 4 aromatic rings. The van der Waals surface area contributed by atoms with E-state index in [9.17, 15) is 9.90 Å². The van der Waals surface area contributed by atoms with Crippen molar-refractivity contribution in [2.45, 2.75) is 6.61 Å². The molecule has 4 rings (SSSR count). The first-order valence-electron chi connectivity index (χ1n) is 8.61. The van der Waals surface area contributed by atoms with Crippen LogP contribution in [0.4, 0.5) is 0 Å². The Morgan fingerprint density at radius 3 is 2.30 bits per heavy atom. The lowest BCUT2D eigenvalue weighted by Crippen LogP contribution is -2.01. The summed E-state index contributed by atoms with van der Waals surface area (Å²) in [5.74, 6) is -0.372. The Hall–Kier alpha value is -3.66. The van der Waals surface area contributed by atoms with Crippen molar-refractivity contribution in [3.63, 3.8) is 0 Å². The highest BCUT2D eigenvalue weighted by Gasteiger charge is 2.14. The number of hydrogen-bond donors (Lipinski definition) is 1. The molecule has 0 radical (unpaired) electrons. The van der Waals surface area contributed by atoms with E-state index in [0.717, 1.165) is 11.1 Å².